The first-order chi connectivity index (χ1) is 9.63. The van der Waals surface area contributed by atoms with Crippen LogP contribution in [0, 0.1) is 5.92 Å². The lowest BCUT2D eigenvalue weighted by atomic mass is 9.98. The first kappa shape index (κ1) is 14.4. The average Bonchev–Trinajstić information content (AvgIpc) is 2.90. The molecule has 1 heterocycles. The van der Waals surface area contributed by atoms with Crippen LogP contribution < -0.4 is 0 Å². The zero-order valence-electron chi connectivity index (χ0n) is 11.5. The fourth-order valence-electron chi connectivity index (χ4n) is 2.63. The van der Waals surface area contributed by atoms with E-state index < -0.39 is 18.1 Å². The van der Waals surface area contributed by atoms with Crippen LogP contribution in [0.4, 0.5) is 4.79 Å². The Bertz CT molecular complexity index is 474. The Labute approximate surface area is 118 Å². The van der Waals surface area contributed by atoms with Crippen molar-refractivity contribution in [1.82, 2.24) is 4.90 Å². The molecule has 2 atom stereocenters. The summed E-state index contributed by atoms with van der Waals surface area (Å²) in [5, 5.41) is 9.27. The molecule has 108 valence electrons. The van der Waals surface area contributed by atoms with Crippen LogP contribution >= 0.6 is 0 Å². The van der Waals surface area contributed by atoms with E-state index in [1.807, 2.05) is 37.3 Å². The molecule has 0 bridgehead atoms. The van der Waals surface area contributed by atoms with Gasteiger partial charge in [-0.15, -0.1) is 0 Å². The first-order valence-electron chi connectivity index (χ1n) is 6.83. The van der Waals surface area contributed by atoms with Gasteiger partial charge in [0.05, 0.1) is 0 Å². The maximum Gasteiger partial charge on any atom is 0.410 e. The second kappa shape index (κ2) is 6.41. The molecule has 2 rings (SSSR count). The minimum Gasteiger partial charge on any atom is -0.480 e. The molecule has 0 saturated carbocycles. The maximum atomic E-state index is 12.0. The van der Waals surface area contributed by atoms with Crippen LogP contribution in [0.25, 0.3) is 0 Å². The van der Waals surface area contributed by atoms with Crippen LogP contribution in [0.2, 0.25) is 0 Å². The number of carbonyl (C=O) groups excluding carboxylic acids is 1. The molecule has 1 aromatic rings. The van der Waals surface area contributed by atoms with Crippen molar-refractivity contribution in [1.29, 1.82) is 0 Å². The lowest BCUT2D eigenvalue weighted by Gasteiger charge is -2.23. The number of likely N-dealkylation sites (tertiary alicyclic amines) is 1. The summed E-state index contributed by atoms with van der Waals surface area (Å²) in [5.41, 5.74) is 0.888. The molecule has 0 aromatic heterocycles. The number of amides is 1. The zero-order valence-corrected chi connectivity index (χ0v) is 11.5. The number of ether oxygens (including phenoxy) is 1. The highest BCUT2D eigenvalue weighted by atomic mass is 16.6. The number of hydrogen-bond donors (Lipinski definition) is 1. The molecule has 0 spiro atoms. The molecular formula is C15H19NO4. The van der Waals surface area contributed by atoms with E-state index in [2.05, 4.69) is 0 Å². The molecule has 20 heavy (non-hydrogen) atoms. The van der Waals surface area contributed by atoms with Crippen LogP contribution in [0.1, 0.15) is 25.3 Å². The summed E-state index contributed by atoms with van der Waals surface area (Å²) in [6.07, 6.45) is 0.921. The Morgan fingerprint density at radius 1 is 1.35 bits per heavy atom. The maximum absolute atomic E-state index is 12.0. The molecule has 1 saturated heterocycles. The van der Waals surface area contributed by atoms with E-state index in [9.17, 15) is 14.7 Å². The van der Waals surface area contributed by atoms with Gasteiger partial charge in [-0.3, -0.25) is 4.90 Å². The molecule has 0 aliphatic carbocycles. The monoisotopic (exact) mass is 277 g/mol. The predicted octanol–water partition coefficient (Wildman–Crippen LogP) is 2.51. The summed E-state index contributed by atoms with van der Waals surface area (Å²) in [6, 6.07) is 8.58. The number of nitrogens with zero attached hydrogens (tertiary/aromatic N) is 1. The number of carbonyl (C=O) groups is 2. The minimum atomic E-state index is -0.953. The highest BCUT2D eigenvalue weighted by Crippen LogP contribution is 2.28. The summed E-state index contributed by atoms with van der Waals surface area (Å²) < 4.78 is 5.21. The molecule has 0 radical (unpaired) electrons. The van der Waals surface area contributed by atoms with Gasteiger partial charge < -0.3 is 9.84 Å². The lowest BCUT2D eigenvalue weighted by Crippen LogP contribution is -2.43. The fourth-order valence-corrected chi connectivity index (χ4v) is 2.63. The highest BCUT2D eigenvalue weighted by molar-refractivity contribution is 5.81. The van der Waals surface area contributed by atoms with Gasteiger partial charge >= 0.3 is 12.1 Å². The molecule has 1 amide bonds. The van der Waals surface area contributed by atoms with Gasteiger partial charge in [-0.25, -0.2) is 9.59 Å². The van der Waals surface area contributed by atoms with E-state index in [0.717, 1.165) is 12.0 Å². The number of hydrogen-bond acceptors (Lipinski definition) is 3. The molecule has 1 aliphatic rings. The van der Waals surface area contributed by atoms with Gasteiger partial charge in [-0.1, -0.05) is 43.7 Å². The third kappa shape index (κ3) is 3.10. The molecule has 1 aromatic carbocycles. The Hall–Kier alpha value is -2.04. The third-order valence-corrected chi connectivity index (χ3v) is 3.74. The Kier molecular flexibility index (Phi) is 4.61. The predicted molar refractivity (Wildman–Crippen MR) is 73.2 cm³/mol. The van der Waals surface area contributed by atoms with Gasteiger partial charge in [0.1, 0.15) is 12.6 Å². The Morgan fingerprint density at radius 2 is 2.05 bits per heavy atom. The van der Waals surface area contributed by atoms with Crippen molar-refractivity contribution in [2.45, 2.75) is 32.4 Å². The van der Waals surface area contributed by atoms with Gasteiger partial charge in [0.25, 0.3) is 0 Å². The molecule has 1 fully saturated rings. The molecular weight excluding hydrogens is 258 g/mol. The number of rotatable bonds is 4. The summed E-state index contributed by atoms with van der Waals surface area (Å²) in [6.45, 7) is 2.56. The second-order valence-corrected chi connectivity index (χ2v) is 4.97. The van der Waals surface area contributed by atoms with Crippen molar-refractivity contribution in [2.75, 3.05) is 6.54 Å². The molecule has 1 aliphatic heterocycles. The Morgan fingerprint density at radius 3 is 2.65 bits per heavy atom. The quantitative estimate of drug-likeness (QED) is 0.918. The zero-order chi connectivity index (χ0) is 14.5. The smallest absolute Gasteiger partial charge is 0.410 e. The van der Waals surface area contributed by atoms with Gasteiger partial charge in [0.2, 0.25) is 0 Å². The number of carboxylic acid groups (broad SMARTS) is 1. The second-order valence-electron chi connectivity index (χ2n) is 4.97. The van der Waals surface area contributed by atoms with Gasteiger partial charge in [0, 0.05) is 6.54 Å². The SMILES string of the molecule is CCC1CCN(C(=O)OCc2ccccc2)C1C(=O)O. The van der Waals surface area contributed by atoms with Crippen molar-refractivity contribution in [3.05, 3.63) is 35.9 Å². The van der Waals surface area contributed by atoms with Gasteiger partial charge in [-0.2, -0.15) is 0 Å². The van der Waals surface area contributed by atoms with E-state index in [-0.39, 0.29) is 12.5 Å². The van der Waals surface area contributed by atoms with E-state index in [1.165, 1.54) is 4.90 Å². The summed E-state index contributed by atoms with van der Waals surface area (Å²) in [4.78, 5) is 24.7. The molecule has 2 unspecified atom stereocenters. The van der Waals surface area contributed by atoms with Crippen molar-refractivity contribution < 1.29 is 19.4 Å². The number of carboxylic acids is 1. The summed E-state index contributed by atoms with van der Waals surface area (Å²) >= 11 is 0. The Balaban J connectivity index is 1.96. The van der Waals surface area contributed by atoms with Crippen LogP contribution in [0.15, 0.2) is 30.3 Å². The van der Waals surface area contributed by atoms with Crippen LogP contribution in [0.3, 0.4) is 0 Å². The molecule has 5 nitrogen and oxygen atoms in total. The van der Waals surface area contributed by atoms with Crippen LogP contribution in [-0.2, 0) is 16.1 Å². The minimum absolute atomic E-state index is 0.0109. The van der Waals surface area contributed by atoms with Gasteiger partial charge in [0.15, 0.2) is 0 Å². The van der Waals surface area contributed by atoms with E-state index in [4.69, 9.17) is 4.74 Å². The van der Waals surface area contributed by atoms with Gasteiger partial charge in [-0.05, 0) is 17.9 Å². The van der Waals surface area contributed by atoms with Crippen molar-refractivity contribution >= 4 is 12.1 Å². The lowest BCUT2D eigenvalue weighted by molar-refractivity contribution is -0.143. The molecule has 1 N–H and O–H groups in total. The summed E-state index contributed by atoms with van der Waals surface area (Å²) in [7, 11) is 0. The van der Waals surface area contributed by atoms with Crippen molar-refractivity contribution in [3.63, 3.8) is 0 Å². The normalized spacial score (nSPS) is 21.8. The standard InChI is InChI=1S/C15H19NO4/c1-2-12-8-9-16(13(12)14(17)18)15(19)20-10-11-6-4-3-5-7-11/h3-7,12-13H,2,8-10H2,1H3,(H,17,18). The largest absolute Gasteiger partial charge is 0.480 e. The van der Waals surface area contributed by atoms with E-state index in [0.29, 0.717) is 13.0 Å². The molecule has 5 heteroatoms. The number of benzene rings is 1. The topological polar surface area (TPSA) is 66.8 Å². The average molecular weight is 277 g/mol. The van der Waals surface area contributed by atoms with Crippen LogP contribution in [0.5, 0.6) is 0 Å². The van der Waals surface area contributed by atoms with Crippen LogP contribution in [-0.4, -0.2) is 34.7 Å². The third-order valence-electron chi connectivity index (χ3n) is 3.74. The van der Waals surface area contributed by atoms with Crippen molar-refractivity contribution in [3.8, 4) is 0 Å². The number of aliphatic carboxylic acids is 1. The summed E-state index contributed by atoms with van der Waals surface area (Å²) in [5.74, 6) is -0.942. The fraction of sp³-hybridized carbons (Fsp3) is 0.467. The highest BCUT2D eigenvalue weighted by Gasteiger charge is 2.41. The first-order valence-corrected chi connectivity index (χ1v) is 6.83. The van der Waals surface area contributed by atoms with E-state index >= 15 is 0 Å². The van der Waals surface area contributed by atoms with E-state index in [1.54, 1.807) is 0 Å². The van der Waals surface area contributed by atoms with Crippen molar-refractivity contribution in [2.24, 2.45) is 5.92 Å².